The smallest absolute Gasteiger partial charge is 0.286 e. The molecular formula is C21H16N2O4S. The summed E-state index contributed by atoms with van der Waals surface area (Å²) in [5, 5.41) is 2.60. The van der Waals surface area contributed by atoms with Crippen LogP contribution in [-0.4, -0.2) is 28.0 Å². The van der Waals surface area contributed by atoms with Crippen molar-refractivity contribution < 1.29 is 19.1 Å². The average Bonchev–Trinajstić information content (AvgIpc) is 3.05. The van der Waals surface area contributed by atoms with Gasteiger partial charge >= 0.3 is 0 Å². The third kappa shape index (κ3) is 2.97. The van der Waals surface area contributed by atoms with E-state index >= 15 is 0 Å². The molecule has 3 heterocycles. The number of hydrogen-bond acceptors (Lipinski definition) is 6. The van der Waals surface area contributed by atoms with E-state index in [1.807, 2.05) is 48.5 Å². The first kappa shape index (κ1) is 17.1. The summed E-state index contributed by atoms with van der Waals surface area (Å²) in [6.07, 6.45) is 2.41. The molecule has 2 amide bonds. The summed E-state index contributed by atoms with van der Waals surface area (Å²) in [7, 11) is 0. The molecule has 7 heteroatoms. The average molecular weight is 392 g/mol. The van der Waals surface area contributed by atoms with Crippen molar-refractivity contribution in [3.63, 3.8) is 0 Å². The molecule has 1 saturated heterocycles. The molecule has 0 aliphatic carbocycles. The maximum absolute atomic E-state index is 12.1. The molecule has 1 aromatic heterocycles. The van der Waals surface area contributed by atoms with E-state index in [2.05, 4.69) is 10.3 Å². The second kappa shape index (κ2) is 6.83. The minimum atomic E-state index is -0.411. The van der Waals surface area contributed by atoms with Crippen molar-refractivity contribution in [2.75, 3.05) is 6.61 Å². The number of nitrogens with zero attached hydrogens (tertiary/aromatic N) is 1. The highest BCUT2D eigenvalue weighted by Crippen LogP contribution is 2.43. The molecule has 2 aromatic carbocycles. The van der Waals surface area contributed by atoms with Crippen LogP contribution in [0.25, 0.3) is 10.9 Å². The summed E-state index contributed by atoms with van der Waals surface area (Å²) in [6, 6.07) is 15.3. The van der Waals surface area contributed by atoms with Gasteiger partial charge in [0.05, 0.1) is 12.1 Å². The zero-order valence-electron chi connectivity index (χ0n) is 14.8. The summed E-state index contributed by atoms with van der Waals surface area (Å²) >= 11 is 1.06. The molecule has 3 aromatic rings. The first-order valence-corrected chi connectivity index (χ1v) is 9.87. The number of carbonyl (C=O) groups is 2. The van der Waals surface area contributed by atoms with Crippen LogP contribution in [0.4, 0.5) is 4.79 Å². The number of carbonyl (C=O) groups excluding carboxylic acids is 2. The Morgan fingerprint density at radius 2 is 2.04 bits per heavy atom. The molecule has 1 N–H and O–H groups in total. The van der Waals surface area contributed by atoms with Crippen molar-refractivity contribution in [1.82, 2.24) is 10.3 Å². The lowest BCUT2D eigenvalue weighted by Gasteiger charge is -2.28. The van der Waals surface area contributed by atoms with Crippen molar-refractivity contribution in [2.45, 2.75) is 17.6 Å². The minimum Gasteiger partial charge on any atom is -0.493 e. The van der Waals surface area contributed by atoms with Crippen molar-refractivity contribution in [3.8, 4) is 17.2 Å². The number of thioether (sulfide) groups is 1. The minimum absolute atomic E-state index is 0.0593. The number of amides is 2. The molecule has 140 valence electrons. The Morgan fingerprint density at radius 1 is 1.14 bits per heavy atom. The van der Waals surface area contributed by atoms with Gasteiger partial charge in [-0.15, -0.1) is 0 Å². The second-order valence-corrected chi connectivity index (χ2v) is 7.80. The van der Waals surface area contributed by atoms with Crippen molar-refractivity contribution >= 4 is 33.8 Å². The Morgan fingerprint density at radius 3 is 2.89 bits per heavy atom. The Labute approximate surface area is 165 Å². The number of para-hydroxylation sites is 1. The van der Waals surface area contributed by atoms with E-state index in [-0.39, 0.29) is 17.1 Å². The van der Waals surface area contributed by atoms with Crippen molar-refractivity contribution in [1.29, 1.82) is 0 Å². The van der Waals surface area contributed by atoms with Gasteiger partial charge in [-0.05, 0) is 36.2 Å². The fraction of sp³-hybridized carbons (Fsp3) is 0.190. The van der Waals surface area contributed by atoms with Gasteiger partial charge < -0.3 is 9.47 Å². The normalized spacial score (nSPS) is 21.1. The van der Waals surface area contributed by atoms with Crippen LogP contribution in [0.15, 0.2) is 54.7 Å². The number of aromatic nitrogens is 1. The van der Waals surface area contributed by atoms with Crippen molar-refractivity contribution in [2.24, 2.45) is 0 Å². The summed E-state index contributed by atoms with van der Waals surface area (Å²) in [5.74, 6) is 1.77. The fourth-order valence-corrected chi connectivity index (χ4v) is 4.70. The number of nitrogens with one attached hydrogen (secondary N) is 1. The third-order valence-electron chi connectivity index (χ3n) is 4.99. The van der Waals surface area contributed by atoms with Gasteiger partial charge in [0.2, 0.25) is 5.91 Å². The van der Waals surface area contributed by atoms with Gasteiger partial charge in [-0.25, -0.2) is 0 Å². The zero-order valence-corrected chi connectivity index (χ0v) is 15.6. The van der Waals surface area contributed by atoms with Gasteiger partial charge in [0.25, 0.3) is 5.24 Å². The molecule has 0 spiro atoms. The predicted octanol–water partition coefficient (Wildman–Crippen LogP) is 4.24. The molecule has 0 radical (unpaired) electrons. The first-order chi connectivity index (χ1) is 13.7. The van der Waals surface area contributed by atoms with Crippen LogP contribution in [0.2, 0.25) is 0 Å². The summed E-state index contributed by atoms with van der Waals surface area (Å²) < 4.78 is 11.9. The van der Waals surface area contributed by atoms with Crippen LogP contribution < -0.4 is 14.8 Å². The first-order valence-electron chi connectivity index (χ1n) is 8.99. The van der Waals surface area contributed by atoms with Gasteiger partial charge in [-0.3, -0.25) is 19.9 Å². The Bertz CT molecular complexity index is 1100. The van der Waals surface area contributed by atoms with Crippen molar-refractivity contribution in [3.05, 3.63) is 60.3 Å². The fourth-order valence-electron chi connectivity index (χ4n) is 3.70. The van der Waals surface area contributed by atoms with E-state index < -0.39 is 5.25 Å². The maximum atomic E-state index is 12.1. The van der Waals surface area contributed by atoms with Gasteiger partial charge in [0.15, 0.2) is 0 Å². The van der Waals surface area contributed by atoms with Crippen LogP contribution >= 0.6 is 11.8 Å². The number of ether oxygens (including phenoxy) is 2. The standard InChI is InChI=1S/C21H16N2O4S/c24-20-19(28-21(25)23-20)14-8-10-26-18-11-12(5-6-13(14)18)27-17-7-9-22-16-4-2-1-3-15(16)17/h1-7,9,11,14,19H,8,10H2,(H,23,24,25)/t14-,19?/m1/s1. The molecular weight excluding hydrogens is 376 g/mol. The molecule has 1 fully saturated rings. The summed E-state index contributed by atoms with van der Waals surface area (Å²) in [6.45, 7) is 0.498. The predicted molar refractivity (Wildman–Crippen MR) is 106 cm³/mol. The number of fused-ring (bicyclic) bond motifs is 2. The summed E-state index contributed by atoms with van der Waals surface area (Å²) in [5.41, 5.74) is 1.80. The molecule has 0 bridgehead atoms. The molecule has 0 saturated carbocycles. The maximum Gasteiger partial charge on any atom is 0.286 e. The van der Waals surface area contributed by atoms with Crippen LogP contribution in [0.1, 0.15) is 17.9 Å². The third-order valence-corrected chi connectivity index (χ3v) is 6.10. The highest BCUT2D eigenvalue weighted by molar-refractivity contribution is 8.15. The molecule has 5 rings (SSSR count). The van der Waals surface area contributed by atoms with E-state index in [1.165, 1.54) is 0 Å². The Balaban J connectivity index is 1.46. The molecule has 1 unspecified atom stereocenters. The Hall–Kier alpha value is -3.06. The molecule has 2 aliphatic rings. The van der Waals surface area contributed by atoms with E-state index in [9.17, 15) is 9.59 Å². The molecule has 6 nitrogen and oxygen atoms in total. The van der Waals surface area contributed by atoms with E-state index in [1.54, 1.807) is 6.20 Å². The van der Waals surface area contributed by atoms with E-state index in [0.29, 0.717) is 30.3 Å². The summed E-state index contributed by atoms with van der Waals surface area (Å²) in [4.78, 5) is 28.0. The zero-order chi connectivity index (χ0) is 19.1. The SMILES string of the molecule is O=C1NC(=O)C([C@@H]2CCOc3cc(Oc4ccnc5ccccc45)ccc32)S1. The van der Waals surface area contributed by atoms with Gasteiger partial charge in [0.1, 0.15) is 22.5 Å². The van der Waals surface area contributed by atoms with Crippen LogP contribution in [0.5, 0.6) is 17.2 Å². The topological polar surface area (TPSA) is 77.5 Å². The largest absolute Gasteiger partial charge is 0.493 e. The number of imide groups is 1. The second-order valence-electron chi connectivity index (χ2n) is 6.69. The monoisotopic (exact) mass is 392 g/mol. The molecule has 2 atom stereocenters. The number of hydrogen-bond donors (Lipinski definition) is 1. The highest BCUT2D eigenvalue weighted by atomic mass is 32.2. The highest BCUT2D eigenvalue weighted by Gasteiger charge is 2.40. The number of pyridine rings is 1. The van der Waals surface area contributed by atoms with Gasteiger partial charge in [0, 0.05) is 23.6 Å². The lowest BCUT2D eigenvalue weighted by atomic mass is 9.89. The molecule has 2 aliphatic heterocycles. The lowest BCUT2D eigenvalue weighted by molar-refractivity contribution is -0.119. The van der Waals surface area contributed by atoms with Crippen LogP contribution in [0, 0.1) is 0 Å². The number of benzene rings is 2. The quantitative estimate of drug-likeness (QED) is 0.718. The lowest BCUT2D eigenvalue weighted by Crippen LogP contribution is -2.31. The van der Waals surface area contributed by atoms with Gasteiger partial charge in [-0.1, -0.05) is 30.0 Å². The van der Waals surface area contributed by atoms with Crippen LogP contribution in [0.3, 0.4) is 0 Å². The number of rotatable bonds is 3. The Kier molecular flexibility index (Phi) is 4.16. The van der Waals surface area contributed by atoms with Gasteiger partial charge in [-0.2, -0.15) is 0 Å². The van der Waals surface area contributed by atoms with E-state index in [4.69, 9.17) is 9.47 Å². The molecule has 28 heavy (non-hydrogen) atoms. The van der Waals surface area contributed by atoms with Crippen LogP contribution in [-0.2, 0) is 4.79 Å². The van der Waals surface area contributed by atoms with E-state index in [0.717, 1.165) is 28.2 Å².